The Labute approximate surface area is 120 Å². The third kappa shape index (κ3) is 2.39. The molecule has 3 rings (SSSR count). The van der Waals surface area contributed by atoms with Crippen molar-refractivity contribution in [1.29, 1.82) is 0 Å². The highest BCUT2D eigenvalue weighted by Crippen LogP contribution is 2.29. The third-order valence-electron chi connectivity index (χ3n) is 2.86. The number of hydrogen-bond acceptors (Lipinski definition) is 3. The highest BCUT2D eigenvalue weighted by molar-refractivity contribution is 6.33. The van der Waals surface area contributed by atoms with Crippen LogP contribution in [-0.2, 0) is 0 Å². The van der Waals surface area contributed by atoms with Crippen molar-refractivity contribution in [3.63, 3.8) is 0 Å². The molecule has 0 saturated carbocycles. The van der Waals surface area contributed by atoms with Crippen LogP contribution in [0.1, 0.15) is 5.69 Å². The molecule has 0 unspecified atom stereocenters. The van der Waals surface area contributed by atoms with Gasteiger partial charge in [0.2, 0.25) is 0 Å². The molecule has 3 nitrogen and oxygen atoms in total. The molecule has 0 fully saturated rings. The molecule has 0 amide bonds. The van der Waals surface area contributed by atoms with E-state index in [1.807, 2.05) is 37.3 Å². The second kappa shape index (κ2) is 4.76. The monoisotopic (exact) mass is 289 g/mol. The largest absolute Gasteiger partial charge is 0.253 e. The molecule has 0 aliphatic rings. The predicted octanol–water partition coefficient (Wildman–Crippen LogP) is 4.31. The van der Waals surface area contributed by atoms with Gasteiger partial charge in [-0.05, 0) is 36.8 Å². The number of pyridine rings is 1. The number of nitrogens with zero attached hydrogens (tertiary/aromatic N) is 3. The van der Waals surface area contributed by atoms with Gasteiger partial charge < -0.3 is 0 Å². The summed E-state index contributed by atoms with van der Waals surface area (Å²) in [7, 11) is 0. The van der Waals surface area contributed by atoms with Crippen LogP contribution in [0.4, 0.5) is 0 Å². The van der Waals surface area contributed by atoms with Gasteiger partial charge in [0.05, 0.1) is 5.52 Å². The molecule has 0 atom stereocenters. The lowest BCUT2D eigenvalue weighted by Crippen LogP contribution is -1.89. The van der Waals surface area contributed by atoms with Crippen molar-refractivity contribution in [2.45, 2.75) is 6.92 Å². The van der Waals surface area contributed by atoms with Crippen LogP contribution in [-0.4, -0.2) is 15.2 Å². The molecule has 0 aliphatic heterocycles. The molecule has 5 heteroatoms. The first-order chi connectivity index (χ1) is 9.13. The van der Waals surface area contributed by atoms with Crippen molar-refractivity contribution in [1.82, 2.24) is 15.2 Å². The Bertz CT molecular complexity index is 772. The Balaban J connectivity index is 2.20. The van der Waals surface area contributed by atoms with E-state index in [9.17, 15) is 0 Å². The van der Waals surface area contributed by atoms with Crippen LogP contribution < -0.4 is 0 Å². The average molecular weight is 290 g/mol. The smallest absolute Gasteiger partial charge is 0.159 e. The first kappa shape index (κ1) is 12.3. The first-order valence-electron chi connectivity index (χ1n) is 5.70. The molecule has 0 saturated heterocycles. The van der Waals surface area contributed by atoms with Gasteiger partial charge in [0.1, 0.15) is 0 Å². The minimum Gasteiger partial charge on any atom is -0.253 e. The van der Waals surface area contributed by atoms with Crippen molar-refractivity contribution < 1.29 is 0 Å². The zero-order valence-corrected chi connectivity index (χ0v) is 11.6. The van der Waals surface area contributed by atoms with Crippen molar-refractivity contribution in [2.75, 3.05) is 0 Å². The molecular formula is C14H9Cl2N3. The van der Waals surface area contributed by atoms with Crippen molar-refractivity contribution in [3.8, 4) is 11.1 Å². The minimum atomic E-state index is 0.321. The van der Waals surface area contributed by atoms with Crippen LogP contribution in [0.25, 0.3) is 22.0 Å². The zero-order chi connectivity index (χ0) is 13.4. The van der Waals surface area contributed by atoms with Crippen molar-refractivity contribution in [2.24, 2.45) is 0 Å². The molecular weight excluding hydrogens is 281 g/mol. The highest BCUT2D eigenvalue weighted by atomic mass is 35.5. The van der Waals surface area contributed by atoms with Crippen LogP contribution in [0, 0.1) is 6.92 Å². The summed E-state index contributed by atoms with van der Waals surface area (Å²) in [6.07, 6.45) is 0. The maximum absolute atomic E-state index is 6.06. The third-order valence-corrected chi connectivity index (χ3v) is 3.32. The maximum Gasteiger partial charge on any atom is 0.159 e. The number of benzene rings is 1. The Hall–Kier alpha value is -1.71. The SMILES string of the molecule is Cc1ccc2cc(-c3cc(Cl)nnc3Cl)ccc2n1. The summed E-state index contributed by atoms with van der Waals surface area (Å²) >= 11 is 11.9. The van der Waals surface area contributed by atoms with Gasteiger partial charge in [-0.15, -0.1) is 10.2 Å². The number of halogens is 2. The summed E-state index contributed by atoms with van der Waals surface area (Å²) in [5.41, 5.74) is 3.66. The van der Waals surface area contributed by atoms with E-state index in [1.54, 1.807) is 6.07 Å². The lowest BCUT2D eigenvalue weighted by molar-refractivity contribution is 1.03. The Morgan fingerprint density at radius 3 is 2.63 bits per heavy atom. The number of hydrogen-bond donors (Lipinski definition) is 0. The number of aromatic nitrogens is 3. The lowest BCUT2D eigenvalue weighted by Gasteiger charge is -2.05. The summed E-state index contributed by atoms with van der Waals surface area (Å²) in [5.74, 6) is 0. The summed E-state index contributed by atoms with van der Waals surface area (Å²) in [5, 5.41) is 9.23. The number of rotatable bonds is 1. The van der Waals surface area contributed by atoms with Crippen molar-refractivity contribution >= 4 is 34.1 Å². The maximum atomic E-state index is 6.06. The number of aryl methyl sites for hydroxylation is 1. The molecule has 0 spiro atoms. The summed E-state index contributed by atoms with van der Waals surface area (Å²) in [4.78, 5) is 4.46. The highest BCUT2D eigenvalue weighted by Gasteiger charge is 2.08. The topological polar surface area (TPSA) is 38.7 Å². The minimum absolute atomic E-state index is 0.321. The van der Waals surface area contributed by atoms with Gasteiger partial charge in [-0.2, -0.15) is 0 Å². The summed E-state index contributed by atoms with van der Waals surface area (Å²) in [6.45, 7) is 1.97. The van der Waals surface area contributed by atoms with Crippen LogP contribution in [0.3, 0.4) is 0 Å². The molecule has 2 aromatic heterocycles. The second-order valence-corrected chi connectivity index (χ2v) is 4.98. The van der Waals surface area contributed by atoms with Gasteiger partial charge >= 0.3 is 0 Å². The standard InChI is InChI=1S/C14H9Cl2N3/c1-8-2-3-10-6-9(4-5-12(10)17-8)11-7-13(15)18-19-14(11)16/h2-7H,1H3. The van der Waals surface area contributed by atoms with Crippen molar-refractivity contribution in [3.05, 3.63) is 52.4 Å². The summed E-state index contributed by atoms with van der Waals surface area (Å²) in [6, 6.07) is 11.6. The molecule has 94 valence electrons. The van der Waals surface area contributed by atoms with E-state index < -0.39 is 0 Å². The van der Waals surface area contributed by atoms with E-state index in [2.05, 4.69) is 15.2 Å². The molecule has 0 radical (unpaired) electrons. The molecule has 0 aliphatic carbocycles. The van der Waals surface area contributed by atoms with Gasteiger partial charge in [0, 0.05) is 16.6 Å². The predicted molar refractivity (Wildman–Crippen MR) is 77.5 cm³/mol. The Kier molecular flexibility index (Phi) is 3.09. The van der Waals surface area contributed by atoms with E-state index in [0.29, 0.717) is 10.3 Å². The van der Waals surface area contributed by atoms with Crippen LogP contribution in [0.15, 0.2) is 36.4 Å². The fourth-order valence-electron chi connectivity index (χ4n) is 1.95. The average Bonchev–Trinajstić information content (AvgIpc) is 2.41. The van der Waals surface area contributed by atoms with E-state index in [1.165, 1.54) is 0 Å². The van der Waals surface area contributed by atoms with E-state index in [0.717, 1.165) is 27.7 Å². The van der Waals surface area contributed by atoms with Crippen LogP contribution in [0.2, 0.25) is 10.3 Å². The Morgan fingerprint density at radius 2 is 1.79 bits per heavy atom. The Morgan fingerprint density at radius 1 is 0.947 bits per heavy atom. The van der Waals surface area contributed by atoms with E-state index in [4.69, 9.17) is 23.2 Å². The quantitative estimate of drug-likeness (QED) is 0.670. The van der Waals surface area contributed by atoms with Gasteiger partial charge in [-0.1, -0.05) is 35.3 Å². The molecule has 3 aromatic rings. The van der Waals surface area contributed by atoms with Crippen LogP contribution in [0.5, 0.6) is 0 Å². The zero-order valence-electron chi connectivity index (χ0n) is 10.1. The van der Waals surface area contributed by atoms with E-state index >= 15 is 0 Å². The molecule has 2 heterocycles. The first-order valence-corrected chi connectivity index (χ1v) is 6.45. The fraction of sp³-hybridized carbons (Fsp3) is 0.0714. The summed E-state index contributed by atoms with van der Waals surface area (Å²) < 4.78 is 0. The normalized spacial score (nSPS) is 10.9. The van der Waals surface area contributed by atoms with Gasteiger partial charge in [-0.3, -0.25) is 4.98 Å². The molecule has 1 aromatic carbocycles. The van der Waals surface area contributed by atoms with Gasteiger partial charge in [-0.25, -0.2) is 0 Å². The second-order valence-electron chi connectivity index (χ2n) is 4.23. The molecule has 0 N–H and O–H groups in total. The number of fused-ring (bicyclic) bond motifs is 1. The molecule has 0 bridgehead atoms. The van der Waals surface area contributed by atoms with Crippen LogP contribution >= 0.6 is 23.2 Å². The molecule has 19 heavy (non-hydrogen) atoms. The van der Waals surface area contributed by atoms with E-state index in [-0.39, 0.29) is 0 Å². The van der Waals surface area contributed by atoms with Gasteiger partial charge in [0.25, 0.3) is 0 Å². The fourth-order valence-corrected chi connectivity index (χ4v) is 2.30. The van der Waals surface area contributed by atoms with Gasteiger partial charge in [0.15, 0.2) is 10.3 Å². The lowest BCUT2D eigenvalue weighted by atomic mass is 10.1.